The van der Waals surface area contributed by atoms with E-state index in [9.17, 15) is 14.4 Å². The van der Waals surface area contributed by atoms with Crippen LogP contribution in [0.5, 0.6) is 0 Å². The number of hydrogen-bond donors (Lipinski definition) is 0. The number of rotatable bonds is 38. The van der Waals surface area contributed by atoms with E-state index in [4.69, 9.17) is 14.2 Å². The van der Waals surface area contributed by atoms with Crippen molar-refractivity contribution in [2.24, 2.45) is 0 Å². The monoisotopic (exact) mass is 705 g/mol. The van der Waals surface area contributed by atoms with E-state index in [-0.39, 0.29) is 31.1 Å². The van der Waals surface area contributed by atoms with Crippen LogP contribution in [0.25, 0.3) is 0 Å². The quantitative estimate of drug-likeness (QED) is 0.0275. The Kier molecular flexibility index (Phi) is 38.0. The fourth-order valence-electron chi connectivity index (χ4n) is 5.90. The van der Waals surface area contributed by atoms with Crippen LogP contribution in [-0.4, -0.2) is 37.2 Å². The molecule has 6 nitrogen and oxygen atoms in total. The lowest BCUT2D eigenvalue weighted by molar-refractivity contribution is -0.167. The summed E-state index contributed by atoms with van der Waals surface area (Å²) in [5, 5.41) is 0. The number of hydrogen-bond acceptors (Lipinski definition) is 6. The molecule has 0 saturated heterocycles. The van der Waals surface area contributed by atoms with Crippen LogP contribution < -0.4 is 0 Å². The lowest BCUT2D eigenvalue weighted by Crippen LogP contribution is -2.30. The minimum Gasteiger partial charge on any atom is -0.462 e. The Labute approximate surface area is 309 Å². The van der Waals surface area contributed by atoms with E-state index in [0.717, 1.165) is 70.6 Å². The van der Waals surface area contributed by atoms with Crippen molar-refractivity contribution in [3.8, 4) is 0 Å². The molecule has 50 heavy (non-hydrogen) atoms. The summed E-state index contributed by atoms with van der Waals surface area (Å²) >= 11 is 0. The first kappa shape index (κ1) is 47.9. The molecule has 0 amide bonds. The summed E-state index contributed by atoms with van der Waals surface area (Å²) < 4.78 is 16.6. The van der Waals surface area contributed by atoms with Crippen LogP contribution in [0.2, 0.25) is 0 Å². The van der Waals surface area contributed by atoms with Gasteiger partial charge in [0.2, 0.25) is 0 Å². The molecule has 0 heterocycles. The average molecular weight is 705 g/mol. The molecular weight excluding hydrogens is 624 g/mol. The van der Waals surface area contributed by atoms with E-state index in [1.165, 1.54) is 109 Å². The van der Waals surface area contributed by atoms with Crippen molar-refractivity contribution in [2.45, 2.75) is 226 Å². The Morgan fingerprint density at radius 2 is 0.660 bits per heavy atom. The maximum absolute atomic E-state index is 12.6. The Balaban J connectivity index is 4.32. The number of carbonyl (C=O) groups excluding carboxylic acids is 3. The van der Waals surface area contributed by atoms with Gasteiger partial charge < -0.3 is 14.2 Å². The Morgan fingerprint density at radius 1 is 0.380 bits per heavy atom. The molecule has 0 bridgehead atoms. The van der Waals surface area contributed by atoms with E-state index in [1.54, 1.807) is 0 Å². The van der Waals surface area contributed by atoms with Crippen LogP contribution in [0.1, 0.15) is 220 Å². The predicted molar refractivity (Wildman–Crippen MR) is 210 cm³/mol. The van der Waals surface area contributed by atoms with Gasteiger partial charge in [-0.05, 0) is 70.6 Å². The van der Waals surface area contributed by atoms with Crippen molar-refractivity contribution in [1.82, 2.24) is 0 Å². The van der Waals surface area contributed by atoms with Crippen molar-refractivity contribution in [3.63, 3.8) is 0 Å². The zero-order chi connectivity index (χ0) is 36.6. The average Bonchev–Trinajstić information content (AvgIpc) is 3.11. The van der Waals surface area contributed by atoms with E-state index in [0.29, 0.717) is 19.3 Å². The lowest BCUT2D eigenvalue weighted by atomic mass is 10.1. The molecule has 0 fully saturated rings. The molecule has 0 aliphatic rings. The highest BCUT2D eigenvalue weighted by molar-refractivity contribution is 5.71. The van der Waals surface area contributed by atoms with Gasteiger partial charge in [0.1, 0.15) is 13.2 Å². The minimum absolute atomic E-state index is 0.0764. The summed E-state index contributed by atoms with van der Waals surface area (Å²) in [6.07, 6.45) is 41.7. The lowest BCUT2D eigenvalue weighted by Gasteiger charge is -2.18. The normalized spacial score (nSPS) is 12.1. The Morgan fingerprint density at radius 3 is 1.02 bits per heavy atom. The highest BCUT2D eigenvalue weighted by Gasteiger charge is 2.19. The molecule has 0 aliphatic heterocycles. The van der Waals surface area contributed by atoms with Crippen molar-refractivity contribution in [1.29, 1.82) is 0 Å². The van der Waals surface area contributed by atoms with E-state index in [1.807, 2.05) is 0 Å². The minimum atomic E-state index is -0.770. The van der Waals surface area contributed by atoms with Crippen molar-refractivity contribution < 1.29 is 28.6 Å². The summed E-state index contributed by atoms with van der Waals surface area (Å²) in [5.41, 5.74) is 0. The molecule has 0 rings (SSSR count). The molecule has 6 heteroatoms. The molecule has 0 aromatic heterocycles. The maximum atomic E-state index is 12.6. The van der Waals surface area contributed by atoms with Crippen LogP contribution >= 0.6 is 0 Å². The largest absolute Gasteiger partial charge is 0.462 e. The van der Waals surface area contributed by atoms with Crippen LogP contribution in [0, 0.1) is 0 Å². The van der Waals surface area contributed by atoms with Gasteiger partial charge in [-0.3, -0.25) is 14.4 Å². The first-order valence-electron chi connectivity index (χ1n) is 21.3. The van der Waals surface area contributed by atoms with Gasteiger partial charge in [-0.1, -0.05) is 154 Å². The number of ether oxygens (including phenoxy) is 3. The first-order valence-corrected chi connectivity index (χ1v) is 21.3. The fourth-order valence-corrected chi connectivity index (χ4v) is 5.90. The van der Waals surface area contributed by atoms with E-state index >= 15 is 0 Å². The van der Waals surface area contributed by atoms with Crippen molar-refractivity contribution in [3.05, 3.63) is 24.3 Å². The topological polar surface area (TPSA) is 78.9 Å². The molecule has 0 aliphatic carbocycles. The zero-order valence-corrected chi connectivity index (χ0v) is 33.2. The van der Waals surface area contributed by atoms with Gasteiger partial charge in [0, 0.05) is 19.3 Å². The van der Waals surface area contributed by atoms with Crippen molar-refractivity contribution >= 4 is 17.9 Å². The first-order chi connectivity index (χ1) is 24.5. The molecule has 0 aromatic rings. The number of unbranched alkanes of at least 4 members (excludes halogenated alkanes) is 23. The zero-order valence-electron chi connectivity index (χ0n) is 33.2. The Hall–Kier alpha value is -2.11. The Bertz CT molecular complexity index is 819. The second-order valence-electron chi connectivity index (χ2n) is 14.3. The third-order valence-corrected chi connectivity index (χ3v) is 9.18. The fraction of sp³-hybridized carbons (Fsp3) is 0.841. The molecular formula is C44H80O6. The molecule has 0 aromatic carbocycles. The SMILES string of the molecule is CCCCCC/C=C\CCCCCCCC(=O)OCC(COC(=O)CCCCCCCC)OC(=O)CCCCCCC/C=C\CCCCCC. The summed E-state index contributed by atoms with van der Waals surface area (Å²) in [6.45, 7) is 6.52. The molecule has 1 unspecified atom stereocenters. The number of carbonyl (C=O) groups is 3. The third-order valence-electron chi connectivity index (χ3n) is 9.18. The van der Waals surface area contributed by atoms with Gasteiger partial charge >= 0.3 is 17.9 Å². The second-order valence-corrected chi connectivity index (χ2v) is 14.3. The van der Waals surface area contributed by atoms with E-state index < -0.39 is 6.10 Å². The highest BCUT2D eigenvalue weighted by Crippen LogP contribution is 2.13. The molecule has 0 radical (unpaired) electrons. The van der Waals surface area contributed by atoms with Gasteiger partial charge in [0.15, 0.2) is 6.10 Å². The summed E-state index contributed by atoms with van der Waals surface area (Å²) in [4.78, 5) is 37.4. The van der Waals surface area contributed by atoms with Gasteiger partial charge in [-0.25, -0.2) is 0 Å². The highest BCUT2D eigenvalue weighted by atomic mass is 16.6. The molecule has 0 spiro atoms. The molecule has 1 atom stereocenters. The van der Waals surface area contributed by atoms with Crippen LogP contribution in [0.4, 0.5) is 0 Å². The van der Waals surface area contributed by atoms with Gasteiger partial charge in [0.25, 0.3) is 0 Å². The number of esters is 3. The molecule has 0 N–H and O–H groups in total. The summed E-state index contributed by atoms with van der Waals surface area (Å²) in [6, 6.07) is 0. The maximum Gasteiger partial charge on any atom is 0.306 e. The summed E-state index contributed by atoms with van der Waals surface area (Å²) in [7, 11) is 0. The van der Waals surface area contributed by atoms with Crippen LogP contribution in [-0.2, 0) is 28.6 Å². The van der Waals surface area contributed by atoms with Crippen molar-refractivity contribution in [2.75, 3.05) is 13.2 Å². The van der Waals surface area contributed by atoms with Gasteiger partial charge in [-0.2, -0.15) is 0 Å². The summed E-state index contributed by atoms with van der Waals surface area (Å²) in [5.74, 6) is -0.904. The third kappa shape index (κ3) is 37.2. The predicted octanol–water partition coefficient (Wildman–Crippen LogP) is 13.2. The van der Waals surface area contributed by atoms with E-state index in [2.05, 4.69) is 45.1 Å². The van der Waals surface area contributed by atoms with Crippen LogP contribution in [0.15, 0.2) is 24.3 Å². The second kappa shape index (κ2) is 39.7. The number of allylic oxidation sites excluding steroid dienone is 4. The standard InChI is InChI=1S/C44H80O6/c1-4-7-10-13-16-18-20-22-24-26-28-31-34-37-43(46)49-40-41(39-48-42(45)36-33-30-15-12-9-6-3)50-44(47)38-35-32-29-27-25-23-21-19-17-14-11-8-5-2/h18-21,41H,4-17,22-40H2,1-3H3/b20-18-,21-19-. The van der Waals surface area contributed by atoms with Gasteiger partial charge in [0.05, 0.1) is 0 Å². The molecule has 0 saturated carbocycles. The van der Waals surface area contributed by atoms with Gasteiger partial charge in [-0.15, -0.1) is 0 Å². The smallest absolute Gasteiger partial charge is 0.306 e. The van der Waals surface area contributed by atoms with Crippen LogP contribution in [0.3, 0.4) is 0 Å². The molecule has 292 valence electrons.